The Balaban J connectivity index is 1.79. The summed E-state index contributed by atoms with van der Waals surface area (Å²) in [4.78, 5) is 43.1. The van der Waals surface area contributed by atoms with Gasteiger partial charge in [0.1, 0.15) is 17.7 Å². The van der Waals surface area contributed by atoms with Gasteiger partial charge >= 0.3 is 0 Å². The van der Waals surface area contributed by atoms with E-state index in [2.05, 4.69) is 48.5 Å². The molecule has 3 N–H and O–H groups in total. The minimum Gasteiger partial charge on any atom is -0.350 e. The van der Waals surface area contributed by atoms with Crippen LogP contribution in [0.1, 0.15) is 82.2 Å². The molecular formula is C29H39N5O3S. The molecule has 1 saturated carbocycles. The maximum absolute atomic E-state index is 13.6. The van der Waals surface area contributed by atoms with E-state index in [4.69, 9.17) is 10.2 Å². The highest BCUT2D eigenvalue weighted by Gasteiger charge is 2.30. The van der Waals surface area contributed by atoms with E-state index in [1.54, 1.807) is 17.4 Å². The number of hydrogen-bond acceptors (Lipinski definition) is 6. The van der Waals surface area contributed by atoms with Crippen molar-refractivity contribution in [3.63, 3.8) is 0 Å². The molecule has 38 heavy (non-hydrogen) atoms. The van der Waals surface area contributed by atoms with Crippen molar-refractivity contribution in [2.75, 3.05) is 6.54 Å². The lowest BCUT2D eigenvalue weighted by atomic mass is 9.83. The highest BCUT2D eigenvalue weighted by Crippen LogP contribution is 2.28. The van der Waals surface area contributed by atoms with Gasteiger partial charge in [-0.15, -0.1) is 11.3 Å². The zero-order valence-electron chi connectivity index (χ0n) is 22.6. The molecule has 0 aliphatic heterocycles. The molecular weight excluding hydrogens is 498 g/mol. The van der Waals surface area contributed by atoms with Crippen molar-refractivity contribution in [1.82, 2.24) is 20.9 Å². The molecule has 1 aromatic heterocycles. The van der Waals surface area contributed by atoms with Crippen molar-refractivity contribution in [3.05, 3.63) is 40.9 Å². The number of carbonyl (C=O) groups excluding carboxylic acids is 3. The second-order valence-corrected chi connectivity index (χ2v) is 11.5. The standard InChI is InChI=1S/C29H39N5O3S/c1-5-9-26(35)32-23(15-27-33-22-13-12-21(18(2)3)14-25(22)38-27)29(37)34-24(20-10-7-6-8-11-20)17-31-28(36)19(4)16-30/h12-14,18,20,23-24H,4-11,15,17H2,1-3H3,(H,31,36)(H,32,35)(H,34,37)/t23-,24+/m0/s1. The van der Waals surface area contributed by atoms with Crippen LogP contribution in [-0.2, 0) is 20.8 Å². The summed E-state index contributed by atoms with van der Waals surface area (Å²) >= 11 is 1.54. The lowest BCUT2D eigenvalue weighted by Gasteiger charge is -2.32. The molecule has 3 amide bonds. The Labute approximate surface area is 229 Å². The van der Waals surface area contributed by atoms with Crippen LogP contribution in [0.4, 0.5) is 0 Å². The molecule has 0 spiro atoms. The number of amides is 3. The third kappa shape index (κ3) is 8.12. The van der Waals surface area contributed by atoms with Gasteiger partial charge in [-0.3, -0.25) is 14.4 Å². The van der Waals surface area contributed by atoms with Crippen molar-refractivity contribution in [3.8, 4) is 6.07 Å². The molecule has 0 bridgehead atoms. The number of nitrogens with zero attached hydrogens (tertiary/aromatic N) is 2. The van der Waals surface area contributed by atoms with Gasteiger partial charge in [-0.2, -0.15) is 5.26 Å². The molecule has 1 aromatic carbocycles. The van der Waals surface area contributed by atoms with E-state index in [1.807, 2.05) is 13.0 Å². The van der Waals surface area contributed by atoms with Crippen LogP contribution in [0.15, 0.2) is 30.4 Å². The van der Waals surface area contributed by atoms with Crippen LogP contribution in [0.25, 0.3) is 10.2 Å². The average Bonchev–Trinajstić information content (AvgIpc) is 3.32. The van der Waals surface area contributed by atoms with Gasteiger partial charge in [-0.25, -0.2) is 4.98 Å². The minimum atomic E-state index is -0.782. The first-order valence-corrected chi connectivity index (χ1v) is 14.4. The molecule has 1 aliphatic rings. The van der Waals surface area contributed by atoms with Crippen LogP contribution in [0.5, 0.6) is 0 Å². The number of benzene rings is 1. The molecule has 8 nitrogen and oxygen atoms in total. The lowest BCUT2D eigenvalue weighted by Crippen LogP contribution is -2.55. The van der Waals surface area contributed by atoms with Crippen LogP contribution in [0, 0.1) is 17.2 Å². The predicted octanol–water partition coefficient (Wildman–Crippen LogP) is 4.51. The van der Waals surface area contributed by atoms with Crippen LogP contribution in [0.3, 0.4) is 0 Å². The van der Waals surface area contributed by atoms with Crippen LogP contribution < -0.4 is 16.0 Å². The van der Waals surface area contributed by atoms with Crippen molar-refractivity contribution >= 4 is 39.3 Å². The van der Waals surface area contributed by atoms with Gasteiger partial charge in [-0.1, -0.05) is 52.7 Å². The first-order valence-electron chi connectivity index (χ1n) is 13.6. The molecule has 2 atom stereocenters. The van der Waals surface area contributed by atoms with E-state index in [9.17, 15) is 14.4 Å². The summed E-state index contributed by atoms with van der Waals surface area (Å²) in [6, 6.07) is 6.89. The summed E-state index contributed by atoms with van der Waals surface area (Å²) in [5.74, 6) is -0.401. The van der Waals surface area contributed by atoms with E-state index in [0.29, 0.717) is 18.8 Å². The normalized spacial score (nSPS) is 15.4. The first-order chi connectivity index (χ1) is 18.2. The van der Waals surface area contributed by atoms with Gasteiger partial charge in [0, 0.05) is 25.4 Å². The highest BCUT2D eigenvalue weighted by molar-refractivity contribution is 7.18. The Bertz CT molecular complexity index is 1190. The van der Waals surface area contributed by atoms with Gasteiger partial charge in [0.2, 0.25) is 11.8 Å². The number of hydrogen-bond donors (Lipinski definition) is 3. The Kier molecular flexibility index (Phi) is 10.8. The maximum Gasteiger partial charge on any atom is 0.261 e. The number of rotatable bonds is 12. The quantitative estimate of drug-likeness (QED) is 0.271. The van der Waals surface area contributed by atoms with Gasteiger partial charge in [0.05, 0.1) is 15.2 Å². The van der Waals surface area contributed by atoms with Gasteiger partial charge in [0.25, 0.3) is 5.91 Å². The topological polar surface area (TPSA) is 124 Å². The highest BCUT2D eigenvalue weighted by atomic mass is 32.1. The van der Waals surface area contributed by atoms with Crippen LogP contribution in [-0.4, -0.2) is 41.3 Å². The summed E-state index contributed by atoms with van der Waals surface area (Å²) in [7, 11) is 0. The zero-order valence-corrected chi connectivity index (χ0v) is 23.5. The van der Waals surface area contributed by atoms with E-state index in [-0.39, 0.29) is 42.3 Å². The van der Waals surface area contributed by atoms with E-state index in [1.165, 1.54) is 5.56 Å². The Morgan fingerprint density at radius 2 is 1.92 bits per heavy atom. The number of aromatic nitrogens is 1. The van der Waals surface area contributed by atoms with Gasteiger partial charge < -0.3 is 16.0 Å². The second-order valence-electron chi connectivity index (χ2n) is 10.4. The third-order valence-corrected chi connectivity index (χ3v) is 8.11. The number of nitrogens with one attached hydrogen (secondary N) is 3. The molecule has 0 saturated heterocycles. The average molecular weight is 538 g/mol. The van der Waals surface area contributed by atoms with E-state index >= 15 is 0 Å². The van der Waals surface area contributed by atoms with Crippen molar-refractivity contribution < 1.29 is 14.4 Å². The number of nitriles is 1. The minimum absolute atomic E-state index is 0.167. The van der Waals surface area contributed by atoms with Gasteiger partial charge in [0.15, 0.2) is 0 Å². The fraction of sp³-hybridized carbons (Fsp3) is 0.552. The number of thiazole rings is 1. The summed E-state index contributed by atoms with van der Waals surface area (Å²) in [5.41, 5.74) is 1.95. The SMILES string of the molecule is C=C(C#N)C(=O)NC[C@@H](NC(=O)[C@H](Cc1nc2ccc(C(C)C)cc2s1)NC(=O)CCC)C1CCCCC1. The fourth-order valence-electron chi connectivity index (χ4n) is 4.83. The third-order valence-electron chi connectivity index (χ3n) is 7.07. The van der Waals surface area contributed by atoms with Crippen molar-refractivity contribution in [1.29, 1.82) is 5.26 Å². The second kappa shape index (κ2) is 14.1. The summed E-state index contributed by atoms with van der Waals surface area (Å²) < 4.78 is 1.06. The Hall–Kier alpha value is -3.25. The summed E-state index contributed by atoms with van der Waals surface area (Å²) in [5, 5.41) is 18.5. The molecule has 0 radical (unpaired) electrons. The smallest absolute Gasteiger partial charge is 0.261 e. The molecule has 1 aliphatic carbocycles. The predicted molar refractivity (Wildman–Crippen MR) is 151 cm³/mol. The maximum atomic E-state index is 13.6. The zero-order chi connectivity index (χ0) is 27.7. The molecule has 1 fully saturated rings. The molecule has 1 heterocycles. The fourth-order valence-corrected chi connectivity index (χ4v) is 5.89. The van der Waals surface area contributed by atoms with Crippen molar-refractivity contribution in [2.45, 2.75) is 90.1 Å². The summed E-state index contributed by atoms with van der Waals surface area (Å²) in [6.07, 6.45) is 6.48. The van der Waals surface area contributed by atoms with Crippen molar-refractivity contribution in [2.24, 2.45) is 5.92 Å². The largest absolute Gasteiger partial charge is 0.350 e. The monoisotopic (exact) mass is 537 g/mol. The lowest BCUT2D eigenvalue weighted by molar-refractivity contribution is -0.129. The van der Waals surface area contributed by atoms with Crippen LogP contribution >= 0.6 is 11.3 Å². The first kappa shape index (κ1) is 29.3. The molecule has 0 unspecified atom stereocenters. The van der Waals surface area contributed by atoms with Crippen LogP contribution in [0.2, 0.25) is 0 Å². The molecule has 2 aromatic rings. The molecule has 9 heteroatoms. The van der Waals surface area contributed by atoms with E-state index in [0.717, 1.165) is 47.3 Å². The van der Waals surface area contributed by atoms with E-state index < -0.39 is 11.9 Å². The Morgan fingerprint density at radius 3 is 2.58 bits per heavy atom. The molecule has 204 valence electrons. The summed E-state index contributed by atoms with van der Waals surface area (Å²) in [6.45, 7) is 9.88. The Morgan fingerprint density at radius 1 is 1.18 bits per heavy atom. The number of fused-ring (bicyclic) bond motifs is 1. The number of carbonyl (C=O) groups is 3. The molecule has 3 rings (SSSR count). The van der Waals surface area contributed by atoms with Gasteiger partial charge in [-0.05, 0) is 48.8 Å².